The van der Waals surface area contributed by atoms with E-state index in [1.165, 1.54) is 18.4 Å². The summed E-state index contributed by atoms with van der Waals surface area (Å²) in [7, 11) is 0. The molecule has 92 valence electrons. The van der Waals surface area contributed by atoms with Crippen molar-refractivity contribution in [3.63, 3.8) is 0 Å². The van der Waals surface area contributed by atoms with E-state index in [1.807, 2.05) is 12.1 Å². The van der Waals surface area contributed by atoms with Gasteiger partial charge in [-0.1, -0.05) is 18.2 Å². The van der Waals surface area contributed by atoms with Crippen LogP contribution in [0.1, 0.15) is 31.2 Å². The van der Waals surface area contributed by atoms with E-state index in [1.54, 1.807) is 0 Å². The van der Waals surface area contributed by atoms with Crippen LogP contribution in [0.25, 0.3) is 0 Å². The maximum atomic E-state index is 5.70. The summed E-state index contributed by atoms with van der Waals surface area (Å²) in [5.41, 5.74) is 1.30. The number of unbranched alkanes of at least 4 members (excludes halogenated alkanes) is 1. The Morgan fingerprint density at radius 2 is 2.29 bits per heavy atom. The largest absolute Gasteiger partial charge is 0.494 e. The molecular formula is C15H21NO. The highest BCUT2D eigenvalue weighted by Gasteiger charge is 2.19. The summed E-state index contributed by atoms with van der Waals surface area (Å²) in [4.78, 5) is 0. The minimum Gasteiger partial charge on any atom is -0.494 e. The van der Waals surface area contributed by atoms with Crippen LogP contribution >= 0.6 is 0 Å². The van der Waals surface area contributed by atoms with Gasteiger partial charge in [0.2, 0.25) is 0 Å². The molecule has 2 rings (SSSR count). The molecule has 1 aromatic rings. The Bertz CT molecular complexity index is 358. The molecule has 1 aromatic carbocycles. The fraction of sp³-hybridized carbons (Fsp3) is 0.467. The molecule has 0 heterocycles. The lowest BCUT2D eigenvalue weighted by atomic mass is 10.2. The van der Waals surface area contributed by atoms with E-state index in [2.05, 4.69) is 30.1 Å². The summed E-state index contributed by atoms with van der Waals surface area (Å²) < 4.78 is 5.70. The number of hydrogen-bond donors (Lipinski definition) is 1. The fourth-order valence-corrected chi connectivity index (χ4v) is 1.71. The van der Waals surface area contributed by atoms with Crippen molar-refractivity contribution >= 4 is 0 Å². The van der Waals surface area contributed by atoms with Crippen LogP contribution in [0.2, 0.25) is 0 Å². The van der Waals surface area contributed by atoms with Crippen molar-refractivity contribution in [2.75, 3.05) is 6.61 Å². The van der Waals surface area contributed by atoms with Gasteiger partial charge >= 0.3 is 0 Å². The third-order valence-corrected chi connectivity index (χ3v) is 2.89. The van der Waals surface area contributed by atoms with Crippen molar-refractivity contribution < 1.29 is 4.74 Å². The third-order valence-electron chi connectivity index (χ3n) is 2.89. The number of hydrogen-bond acceptors (Lipinski definition) is 2. The first-order valence-electron chi connectivity index (χ1n) is 6.44. The van der Waals surface area contributed by atoms with E-state index in [-0.39, 0.29) is 0 Å². The highest BCUT2D eigenvalue weighted by atomic mass is 16.5. The van der Waals surface area contributed by atoms with Crippen LogP contribution in [0.15, 0.2) is 36.9 Å². The number of rotatable bonds is 8. The van der Waals surface area contributed by atoms with Crippen molar-refractivity contribution in [1.82, 2.24) is 5.32 Å². The first-order valence-corrected chi connectivity index (χ1v) is 6.44. The molecule has 17 heavy (non-hydrogen) atoms. The first kappa shape index (κ1) is 12.2. The second-order valence-electron chi connectivity index (χ2n) is 4.58. The Morgan fingerprint density at radius 3 is 3.06 bits per heavy atom. The van der Waals surface area contributed by atoms with E-state index in [4.69, 9.17) is 4.74 Å². The zero-order chi connectivity index (χ0) is 11.9. The standard InChI is InChI=1S/C15H21NO/c1-2-3-4-10-17-15-7-5-6-13(11-15)12-16-14-8-9-14/h2,5-7,11,14,16H,1,3-4,8-10,12H2. The maximum absolute atomic E-state index is 5.70. The summed E-state index contributed by atoms with van der Waals surface area (Å²) in [5.74, 6) is 0.976. The van der Waals surface area contributed by atoms with Crippen LogP contribution in [-0.4, -0.2) is 12.6 Å². The van der Waals surface area contributed by atoms with Gasteiger partial charge in [-0.3, -0.25) is 0 Å². The van der Waals surface area contributed by atoms with Crippen LogP contribution < -0.4 is 10.1 Å². The van der Waals surface area contributed by atoms with Gasteiger partial charge < -0.3 is 10.1 Å². The Morgan fingerprint density at radius 1 is 1.41 bits per heavy atom. The highest BCUT2D eigenvalue weighted by molar-refractivity contribution is 5.28. The molecule has 1 aliphatic rings. The molecule has 0 saturated heterocycles. The van der Waals surface area contributed by atoms with Gasteiger partial charge in [0, 0.05) is 12.6 Å². The second kappa shape index (κ2) is 6.45. The van der Waals surface area contributed by atoms with Gasteiger partial charge in [-0.05, 0) is 43.4 Å². The van der Waals surface area contributed by atoms with Crippen molar-refractivity contribution in [2.24, 2.45) is 0 Å². The van der Waals surface area contributed by atoms with Crippen molar-refractivity contribution in [2.45, 2.75) is 38.3 Å². The topological polar surface area (TPSA) is 21.3 Å². The van der Waals surface area contributed by atoms with Gasteiger partial charge in [0.15, 0.2) is 0 Å². The zero-order valence-electron chi connectivity index (χ0n) is 10.3. The normalized spacial score (nSPS) is 14.6. The Balaban J connectivity index is 1.75. The van der Waals surface area contributed by atoms with Crippen LogP contribution in [-0.2, 0) is 6.54 Å². The van der Waals surface area contributed by atoms with Crippen LogP contribution in [0, 0.1) is 0 Å². The number of allylic oxidation sites excluding steroid dienone is 1. The summed E-state index contributed by atoms with van der Waals surface area (Å²) in [6, 6.07) is 9.11. The molecule has 0 aromatic heterocycles. The Labute approximate surface area is 104 Å². The van der Waals surface area contributed by atoms with E-state index in [0.29, 0.717) is 0 Å². The second-order valence-corrected chi connectivity index (χ2v) is 4.58. The minimum atomic E-state index is 0.757. The van der Waals surface area contributed by atoms with Gasteiger partial charge in [-0.15, -0.1) is 6.58 Å². The lowest BCUT2D eigenvalue weighted by Gasteiger charge is -2.08. The van der Waals surface area contributed by atoms with E-state index < -0.39 is 0 Å². The van der Waals surface area contributed by atoms with E-state index in [9.17, 15) is 0 Å². The lowest BCUT2D eigenvalue weighted by Crippen LogP contribution is -2.15. The van der Waals surface area contributed by atoms with Crippen molar-refractivity contribution in [1.29, 1.82) is 0 Å². The van der Waals surface area contributed by atoms with E-state index >= 15 is 0 Å². The quantitative estimate of drug-likeness (QED) is 0.547. The molecule has 0 bridgehead atoms. The van der Waals surface area contributed by atoms with Gasteiger partial charge in [0.05, 0.1) is 6.61 Å². The fourth-order valence-electron chi connectivity index (χ4n) is 1.71. The van der Waals surface area contributed by atoms with Crippen molar-refractivity contribution in [3.8, 4) is 5.75 Å². The highest BCUT2D eigenvalue weighted by Crippen LogP contribution is 2.20. The van der Waals surface area contributed by atoms with E-state index in [0.717, 1.165) is 37.8 Å². The maximum Gasteiger partial charge on any atom is 0.119 e. The number of nitrogens with one attached hydrogen (secondary N) is 1. The summed E-state index contributed by atoms with van der Waals surface area (Å²) in [6.45, 7) is 5.42. The van der Waals surface area contributed by atoms with Gasteiger partial charge in [-0.25, -0.2) is 0 Å². The molecule has 0 atom stereocenters. The Kier molecular flexibility index (Phi) is 4.63. The minimum absolute atomic E-state index is 0.757. The predicted molar refractivity (Wildman–Crippen MR) is 71.2 cm³/mol. The monoisotopic (exact) mass is 231 g/mol. The van der Waals surface area contributed by atoms with Gasteiger partial charge in [-0.2, -0.15) is 0 Å². The molecule has 1 N–H and O–H groups in total. The van der Waals surface area contributed by atoms with Crippen LogP contribution in [0.4, 0.5) is 0 Å². The molecule has 0 unspecified atom stereocenters. The third kappa shape index (κ3) is 4.61. The SMILES string of the molecule is C=CCCCOc1cccc(CNC2CC2)c1. The molecule has 1 fully saturated rings. The first-order chi connectivity index (χ1) is 8.38. The predicted octanol–water partition coefficient (Wildman–Crippen LogP) is 3.28. The molecule has 1 saturated carbocycles. The van der Waals surface area contributed by atoms with Gasteiger partial charge in [0.25, 0.3) is 0 Å². The molecule has 0 aliphatic heterocycles. The molecule has 0 spiro atoms. The number of benzene rings is 1. The average Bonchev–Trinajstić information content (AvgIpc) is 3.17. The van der Waals surface area contributed by atoms with Crippen molar-refractivity contribution in [3.05, 3.63) is 42.5 Å². The molecule has 1 aliphatic carbocycles. The molecule has 2 heteroatoms. The zero-order valence-corrected chi connectivity index (χ0v) is 10.3. The molecule has 0 amide bonds. The number of ether oxygens (including phenoxy) is 1. The summed E-state index contributed by atoms with van der Waals surface area (Å²) >= 11 is 0. The summed E-state index contributed by atoms with van der Waals surface area (Å²) in [6.07, 6.45) is 6.64. The van der Waals surface area contributed by atoms with Gasteiger partial charge in [0.1, 0.15) is 5.75 Å². The average molecular weight is 231 g/mol. The molecule has 2 nitrogen and oxygen atoms in total. The smallest absolute Gasteiger partial charge is 0.119 e. The van der Waals surface area contributed by atoms with Crippen LogP contribution in [0.3, 0.4) is 0 Å². The van der Waals surface area contributed by atoms with Crippen LogP contribution in [0.5, 0.6) is 5.75 Å². The summed E-state index contributed by atoms with van der Waals surface area (Å²) in [5, 5.41) is 3.51. The molecular weight excluding hydrogens is 210 g/mol. The molecule has 0 radical (unpaired) electrons. The lowest BCUT2D eigenvalue weighted by molar-refractivity contribution is 0.312. The Hall–Kier alpha value is -1.28.